The average Bonchev–Trinajstić information content (AvgIpc) is 2.87. The van der Waals surface area contributed by atoms with Crippen molar-refractivity contribution >= 4 is 28.8 Å². The van der Waals surface area contributed by atoms with Crippen LogP contribution in [0.5, 0.6) is 0 Å². The largest absolute Gasteiger partial charge is 0.321 e. The zero-order chi connectivity index (χ0) is 16.2. The number of anilines is 1. The van der Waals surface area contributed by atoms with Gasteiger partial charge in [-0.15, -0.1) is 5.73 Å². The molecule has 0 bridgehead atoms. The molecule has 1 heterocycles. The van der Waals surface area contributed by atoms with E-state index in [1.807, 2.05) is 18.2 Å². The highest BCUT2D eigenvalue weighted by atomic mass is 35.5. The maximum atomic E-state index is 12.1. The van der Waals surface area contributed by atoms with Crippen LogP contribution in [0.3, 0.4) is 0 Å². The summed E-state index contributed by atoms with van der Waals surface area (Å²) < 4.78 is 0. The van der Waals surface area contributed by atoms with Gasteiger partial charge in [-0.1, -0.05) is 48.9 Å². The zero-order valence-corrected chi connectivity index (χ0v) is 13.7. The number of hydrogen-bond acceptors (Lipinski definition) is 1. The van der Waals surface area contributed by atoms with E-state index in [9.17, 15) is 4.79 Å². The zero-order valence-electron chi connectivity index (χ0n) is 13.0. The Morgan fingerprint density at radius 2 is 2.00 bits per heavy atom. The van der Waals surface area contributed by atoms with E-state index in [1.165, 1.54) is 5.56 Å². The topological polar surface area (TPSA) is 29.1 Å². The summed E-state index contributed by atoms with van der Waals surface area (Å²) >= 11 is 6.03. The fraction of sp³-hybridized carbons (Fsp3) is 0.200. The van der Waals surface area contributed by atoms with Crippen LogP contribution in [0.1, 0.15) is 36.8 Å². The van der Waals surface area contributed by atoms with Gasteiger partial charge < -0.3 is 5.32 Å². The van der Waals surface area contributed by atoms with Gasteiger partial charge in [0.2, 0.25) is 0 Å². The van der Waals surface area contributed by atoms with Gasteiger partial charge in [0.15, 0.2) is 0 Å². The van der Waals surface area contributed by atoms with E-state index < -0.39 is 0 Å². The average molecular weight is 324 g/mol. The van der Waals surface area contributed by atoms with Gasteiger partial charge in [0.25, 0.3) is 5.91 Å². The van der Waals surface area contributed by atoms with E-state index in [-0.39, 0.29) is 5.91 Å². The maximum Gasteiger partial charge on any atom is 0.264 e. The number of hydrogen-bond donors (Lipinski definition) is 1. The molecule has 1 N–H and O–H groups in total. The molecule has 0 aromatic heterocycles. The van der Waals surface area contributed by atoms with Crippen LogP contribution in [0.4, 0.5) is 5.69 Å². The molecule has 0 radical (unpaired) electrons. The van der Waals surface area contributed by atoms with Crippen molar-refractivity contribution in [1.82, 2.24) is 0 Å². The Morgan fingerprint density at radius 3 is 2.74 bits per heavy atom. The highest BCUT2D eigenvalue weighted by Crippen LogP contribution is 2.33. The lowest BCUT2D eigenvalue weighted by Gasteiger charge is -2.12. The first kappa shape index (κ1) is 15.6. The molecule has 3 rings (SSSR count). The number of rotatable bonds is 4. The number of fused-ring (bicyclic) bond motifs is 1. The van der Waals surface area contributed by atoms with Crippen molar-refractivity contribution in [3.05, 3.63) is 76.5 Å². The van der Waals surface area contributed by atoms with Crippen molar-refractivity contribution in [3.8, 4) is 0 Å². The first-order valence-electron chi connectivity index (χ1n) is 7.80. The summed E-state index contributed by atoms with van der Waals surface area (Å²) in [7, 11) is 0. The summed E-state index contributed by atoms with van der Waals surface area (Å²) in [5.74, 6) is 0.318. The lowest BCUT2D eigenvalue weighted by Crippen LogP contribution is -2.02. The Balaban J connectivity index is 1.85. The predicted octanol–water partition coefficient (Wildman–Crippen LogP) is 5.41. The molecule has 3 heteroatoms. The lowest BCUT2D eigenvalue weighted by molar-refractivity contribution is -0.110. The number of nitrogens with one attached hydrogen (secondary N) is 1. The van der Waals surface area contributed by atoms with Crippen LogP contribution in [-0.2, 0) is 4.79 Å². The second kappa shape index (κ2) is 6.87. The minimum absolute atomic E-state index is 0.119. The molecule has 1 aliphatic rings. The molecule has 0 saturated carbocycles. The van der Waals surface area contributed by atoms with Crippen LogP contribution in [0, 0.1) is 0 Å². The van der Waals surface area contributed by atoms with Crippen LogP contribution in [0.2, 0.25) is 5.02 Å². The number of amides is 1. The van der Waals surface area contributed by atoms with Crippen molar-refractivity contribution in [3.63, 3.8) is 0 Å². The second-order valence-corrected chi connectivity index (χ2v) is 6.06. The Morgan fingerprint density at radius 1 is 1.22 bits per heavy atom. The fourth-order valence-electron chi connectivity index (χ4n) is 2.85. The Kier molecular flexibility index (Phi) is 4.66. The smallest absolute Gasteiger partial charge is 0.264 e. The van der Waals surface area contributed by atoms with Gasteiger partial charge >= 0.3 is 0 Å². The summed E-state index contributed by atoms with van der Waals surface area (Å²) in [6.45, 7) is 2.18. The van der Waals surface area contributed by atoms with E-state index in [0.29, 0.717) is 16.5 Å². The summed E-state index contributed by atoms with van der Waals surface area (Å²) in [6, 6.07) is 15.8. The summed E-state index contributed by atoms with van der Waals surface area (Å²) in [6.07, 6.45) is 3.87. The highest BCUT2D eigenvalue weighted by Gasteiger charge is 2.23. The van der Waals surface area contributed by atoms with Gasteiger partial charge in [0, 0.05) is 16.3 Å². The third-order valence-electron chi connectivity index (χ3n) is 4.14. The maximum absolute atomic E-state index is 12.1. The Hall–Kier alpha value is -2.28. The minimum atomic E-state index is -0.119. The molecule has 2 aromatic rings. The van der Waals surface area contributed by atoms with E-state index >= 15 is 0 Å². The van der Waals surface area contributed by atoms with Crippen molar-refractivity contribution in [2.45, 2.75) is 25.7 Å². The minimum Gasteiger partial charge on any atom is -0.321 e. The van der Waals surface area contributed by atoms with Gasteiger partial charge in [0.1, 0.15) is 0 Å². The van der Waals surface area contributed by atoms with E-state index in [4.69, 9.17) is 11.6 Å². The van der Waals surface area contributed by atoms with Crippen LogP contribution >= 0.6 is 11.6 Å². The fourth-order valence-corrected chi connectivity index (χ4v) is 3.02. The van der Waals surface area contributed by atoms with Gasteiger partial charge in [-0.05, 0) is 48.6 Å². The summed E-state index contributed by atoms with van der Waals surface area (Å²) in [5, 5.41) is 3.46. The van der Waals surface area contributed by atoms with Crippen molar-refractivity contribution in [1.29, 1.82) is 0 Å². The predicted molar refractivity (Wildman–Crippen MR) is 95.7 cm³/mol. The highest BCUT2D eigenvalue weighted by molar-refractivity contribution is 6.34. The number of carbonyl (C=O) groups excluding carboxylic acids is 1. The SMILES string of the molecule is CCC(CC=C=C1C(=O)Nc2ccc(Cl)cc21)c1ccccc1. The molecule has 1 unspecified atom stereocenters. The molecule has 0 aliphatic carbocycles. The molecular formula is C20H18ClNO. The molecular weight excluding hydrogens is 306 g/mol. The first-order valence-corrected chi connectivity index (χ1v) is 8.18. The molecule has 2 nitrogen and oxygen atoms in total. The summed E-state index contributed by atoms with van der Waals surface area (Å²) in [4.78, 5) is 12.1. The molecule has 1 atom stereocenters. The van der Waals surface area contributed by atoms with E-state index in [0.717, 1.165) is 24.1 Å². The summed E-state index contributed by atoms with van der Waals surface area (Å²) in [5.41, 5.74) is 6.67. The normalized spacial score (nSPS) is 14.0. The monoisotopic (exact) mass is 323 g/mol. The van der Waals surface area contributed by atoms with Crippen molar-refractivity contribution < 1.29 is 4.79 Å². The first-order chi connectivity index (χ1) is 11.2. The van der Waals surface area contributed by atoms with E-state index in [2.05, 4.69) is 42.2 Å². The number of carbonyl (C=O) groups is 1. The standard InChI is InChI=1S/C20H18ClNO/c1-2-14(15-7-4-3-5-8-15)9-6-10-17-18-13-16(21)11-12-19(18)22-20(17)23/h3-8,11-14H,2,9H2,1H3,(H,22,23). The molecule has 0 saturated heterocycles. The Labute approximate surface area is 141 Å². The van der Waals surface area contributed by atoms with Crippen LogP contribution in [0.25, 0.3) is 5.57 Å². The molecule has 23 heavy (non-hydrogen) atoms. The lowest BCUT2D eigenvalue weighted by atomic mass is 9.93. The van der Waals surface area contributed by atoms with Gasteiger partial charge in [-0.3, -0.25) is 4.79 Å². The third kappa shape index (κ3) is 3.39. The number of halogens is 1. The van der Waals surface area contributed by atoms with Crippen molar-refractivity contribution in [2.24, 2.45) is 0 Å². The molecule has 0 fully saturated rings. The molecule has 2 aromatic carbocycles. The molecule has 1 amide bonds. The second-order valence-electron chi connectivity index (χ2n) is 5.62. The number of benzene rings is 2. The molecule has 116 valence electrons. The van der Waals surface area contributed by atoms with Gasteiger partial charge in [-0.25, -0.2) is 0 Å². The van der Waals surface area contributed by atoms with Crippen molar-refractivity contribution in [2.75, 3.05) is 5.32 Å². The Bertz CT molecular complexity index is 789. The van der Waals surface area contributed by atoms with Crippen LogP contribution < -0.4 is 5.32 Å². The van der Waals surface area contributed by atoms with Gasteiger partial charge in [0.05, 0.1) is 5.57 Å². The van der Waals surface area contributed by atoms with E-state index in [1.54, 1.807) is 12.1 Å². The molecule has 1 aliphatic heterocycles. The van der Waals surface area contributed by atoms with Gasteiger partial charge in [-0.2, -0.15) is 0 Å². The van der Waals surface area contributed by atoms with Crippen LogP contribution in [0.15, 0.2) is 60.3 Å². The van der Waals surface area contributed by atoms with Crippen LogP contribution in [-0.4, -0.2) is 5.91 Å². The quantitative estimate of drug-likeness (QED) is 0.591. The molecule has 0 spiro atoms. The third-order valence-corrected chi connectivity index (χ3v) is 4.37.